The van der Waals surface area contributed by atoms with Crippen LogP contribution in [0.4, 0.5) is 10.2 Å². The number of benzene rings is 1. The number of nitrogens with zero attached hydrogens (tertiary/aromatic N) is 3. The Bertz CT molecular complexity index is 704. The van der Waals surface area contributed by atoms with E-state index < -0.39 is 0 Å². The lowest BCUT2D eigenvalue weighted by atomic mass is 10.1. The summed E-state index contributed by atoms with van der Waals surface area (Å²) >= 11 is 1.39. The molecule has 1 saturated heterocycles. The Balaban J connectivity index is 1.47. The van der Waals surface area contributed by atoms with E-state index in [-0.39, 0.29) is 17.5 Å². The second kappa shape index (κ2) is 8.80. The average molecular weight is 360 g/mol. The SMILES string of the molecule is O=C(CSc1cc(N2CCCCC2)ncn1)NCc1ccc(F)cc1. The summed E-state index contributed by atoms with van der Waals surface area (Å²) in [5.74, 6) is 0.868. The van der Waals surface area contributed by atoms with E-state index in [1.807, 2.05) is 6.07 Å². The third kappa shape index (κ3) is 5.42. The predicted molar refractivity (Wildman–Crippen MR) is 97.1 cm³/mol. The number of hydrogen-bond donors (Lipinski definition) is 1. The van der Waals surface area contributed by atoms with Crippen molar-refractivity contribution in [2.75, 3.05) is 23.7 Å². The molecule has 2 aromatic rings. The standard InChI is InChI=1S/C18H21FN4OS/c19-15-6-4-14(5-7-15)11-20-17(24)12-25-18-10-16(21-13-22-18)23-8-2-1-3-9-23/h4-7,10,13H,1-3,8-9,11-12H2,(H,20,24). The first-order valence-electron chi connectivity index (χ1n) is 8.41. The van der Waals surface area contributed by atoms with Crippen molar-refractivity contribution < 1.29 is 9.18 Å². The molecule has 5 nitrogen and oxygen atoms in total. The number of anilines is 1. The van der Waals surface area contributed by atoms with Crippen LogP contribution >= 0.6 is 11.8 Å². The number of rotatable bonds is 6. The van der Waals surface area contributed by atoms with Crippen molar-refractivity contribution in [3.8, 4) is 0 Å². The number of carbonyl (C=O) groups is 1. The third-order valence-electron chi connectivity index (χ3n) is 4.06. The zero-order chi connectivity index (χ0) is 17.5. The first-order valence-corrected chi connectivity index (χ1v) is 9.40. The molecule has 0 atom stereocenters. The van der Waals surface area contributed by atoms with E-state index in [4.69, 9.17) is 0 Å². The van der Waals surface area contributed by atoms with Crippen molar-refractivity contribution in [2.24, 2.45) is 0 Å². The number of thioether (sulfide) groups is 1. The van der Waals surface area contributed by atoms with Gasteiger partial charge in [-0.15, -0.1) is 0 Å². The van der Waals surface area contributed by atoms with Crippen LogP contribution in [-0.2, 0) is 11.3 Å². The number of aromatic nitrogens is 2. The van der Waals surface area contributed by atoms with E-state index in [0.717, 1.165) is 29.5 Å². The van der Waals surface area contributed by atoms with Gasteiger partial charge in [0.1, 0.15) is 23.0 Å². The molecule has 1 amide bonds. The number of carbonyl (C=O) groups excluding carboxylic acids is 1. The highest BCUT2D eigenvalue weighted by Crippen LogP contribution is 2.22. The van der Waals surface area contributed by atoms with Crippen molar-refractivity contribution >= 4 is 23.5 Å². The van der Waals surface area contributed by atoms with Gasteiger partial charge in [-0.2, -0.15) is 0 Å². The molecule has 132 valence electrons. The molecular weight excluding hydrogens is 339 g/mol. The molecule has 1 aliphatic heterocycles. The smallest absolute Gasteiger partial charge is 0.230 e. The Labute approximate surface area is 151 Å². The van der Waals surface area contributed by atoms with Crippen LogP contribution < -0.4 is 10.2 Å². The van der Waals surface area contributed by atoms with E-state index in [9.17, 15) is 9.18 Å². The third-order valence-corrected chi connectivity index (χ3v) is 4.99. The lowest BCUT2D eigenvalue weighted by molar-refractivity contribution is -0.118. The molecule has 0 aliphatic carbocycles. The van der Waals surface area contributed by atoms with E-state index in [2.05, 4.69) is 20.2 Å². The van der Waals surface area contributed by atoms with Crippen LogP contribution in [0.25, 0.3) is 0 Å². The number of amides is 1. The maximum atomic E-state index is 12.9. The second-order valence-electron chi connectivity index (χ2n) is 5.95. The van der Waals surface area contributed by atoms with Crippen LogP contribution in [0.2, 0.25) is 0 Å². The van der Waals surface area contributed by atoms with Crippen LogP contribution in [0.15, 0.2) is 41.7 Å². The quantitative estimate of drug-likeness (QED) is 0.634. The molecule has 2 heterocycles. The summed E-state index contributed by atoms with van der Waals surface area (Å²) in [6.45, 7) is 2.45. The minimum atomic E-state index is -0.279. The molecule has 0 unspecified atom stereocenters. The normalized spacial score (nSPS) is 14.4. The predicted octanol–water partition coefficient (Wildman–Crippen LogP) is 3.01. The van der Waals surface area contributed by atoms with Crippen molar-refractivity contribution in [1.29, 1.82) is 0 Å². The molecular formula is C18H21FN4OS. The molecule has 0 spiro atoms. The Hall–Kier alpha value is -2.15. The van der Waals surface area contributed by atoms with Crippen molar-refractivity contribution in [3.05, 3.63) is 48.0 Å². The van der Waals surface area contributed by atoms with Crippen molar-refractivity contribution in [1.82, 2.24) is 15.3 Å². The summed E-state index contributed by atoms with van der Waals surface area (Å²) in [6, 6.07) is 8.05. The molecule has 0 bridgehead atoms. The Morgan fingerprint density at radius 1 is 1.16 bits per heavy atom. The monoisotopic (exact) mass is 360 g/mol. The van der Waals surface area contributed by atoms with Crippen LogP contribution in [0.1, 0.15) is 24.8 Å². The Morgan fingerprint density at radius 2 is 1.92 bits per heavy atom. The van der Waals surface area contributed by atoms with Gasteiger partial charge in [0.2, 0.25) is 5.91 Å². The highest BCUT2D eigenvalue weighted by Gasteiger charge is 2.13. The minimum Gasteiger partial charge on any atom is -0.356 e. The number of nitrogens with one attached hydrogen (secondary N) is 1. The van der Waals surface area contributed by atoms with Crippen molar-refractivity contribution in [3.63, 3.8) is 0 Å². The van der Waals surface area contributed by atoms with Gasteiger partial charge >= 0.3 is 0 Å². The molecule has 1 fully saturated rings. The molecule has 3 rings (SSSR count). The van der Waals surface area contributed by atoms with Crippen LogP contribution in [-0.4, -0.2) is 34.7 Å². The van der Waals surface area contributed by atoms with Gasteiger partial charge < -0.3 is 10.2 Å². The Morgan fingerprint density at radius 3 is 2.68 bits per heavy atom. The van der Waals surface area contributed by atoms with Gasteiger partial charge in [0, 0.05) is 25.7 Å². The fourth-order valence-corrected chi connectivity index (χ4v) is 3.39. The zero-order valence-electron chi connectivity index (χ0n) is 13.9. The number of hydrogen-bond acceptors (Lipinski definition) is 5. The molecule has 7 heteroatoms. The second-order valence-corrected chi connectivity index (χ2v) is 6.95. The van der Waals surface area contributed by atoms with E-state index >= 15 is 0 Å². The number of halogens is 1. The lowest BCUT2D eigenvalue weighted by Crippen LogP contribution is -2.30. The lowest BCUT2D eigenvalue weighted by Gasteiger charge is -2.27. The first-order chi connectivity index (χ1) is 12.2. The largest absolute Gasteiger partial charge is 0.356 e. The summed E-state index contributed by atoms with van der Waals surface area (Å²) in [5.41, 5.74) is 0.870. The fraction of sp³-hybridized carbons (Fsp3) is 0.389. The van der Waals surface area contributed by atoms with Crippen LogP contribution in [0.5, 0.6) is 0 Å². The highest BCUT2D eigenvalue weighted by molar-refractivity contribution is 7.99. The summed E-state index contributed by atoms with van der Waals surface area (Å²) in [7, 11) is 0. The molecule has 1 N–H and O–H groups in total. The minimum absolute atomic E-state index is 0.0764. The maximum Gasteiger partial charge on any atom is 0.230 e. The van der Waals surface area contributed by atoms with Crippen LogP contribution in [0, 0.1) is 5.82 Å². The zero-order valence-corrected chi connectivity index (χ0v) is 14.8. The summed E-state index contributed by atoms with van der Waals surface area (Å²) < 4.78 is 12.9. The molecule has 25 heavy (non-hydrogen) atoms. The molecule has 1 aromatic carbocycles. The summed E-state index contributed by atoms with van der Waals surface area (Å²) in [4.78, 5) is 22.8. The average Bonchev–Trinajstić information content (AvgIpc) is 2.67. The first kappa shape index (κ1) is 17.7. The number of piperidine rings is 1. The van der Waals surface area contributed by atoms with Gasteiger partial charge in [0.15, 0.2) is 0 Å². The fourth-order valence-electron chi connectivity index (χ4n) is 2.70. The Kier molecular flexibility index (Phi) is 6.22. The van der Waals surface area contributed by atoms with Gasteiger partial charge in [-0.1, -0.05) is 23.9 Å². The topological polar surface area (TPSA) is 58.1 Å². The summed E-state index contributed by atoms with van der Waals surface area (Å²) in [5, 5.41) is 3.63. The van der Waals surface area contributed by atoms with Crippen LogP contribution in [0.3, 0.4) is 0 Å². The van der Waals surface area contributed by atoms with Crippen molar-refractivity contribution in [2.45, 2.75) is 30.8 Å². The molecule has 0 saturated carbocycles. The molecule has 1 aliphatic rings. The van der Waals surface area contributed by atoms with Gasteiger partial charge in [-0.3, -0.25) is 4.79 Å². The van der Waals surface area contributed by atoms with Gasteiger partial charge in [-0.25, -0.2) is 14.4 Å². The van der Waals surface area contributed by atoms with Gasteiger partial charge in [-0.05, 0) is 37.0 Å². The maximum absolute atomic E-state index is 12.9. The van der Waals surface area contributed by atoms with Gasteiger partial charge in [0.25, 0.3) is 0 Å². The highest BCUT2D eigenvalue weighted by atomic mass is 32.2. The molecule has 1 aromatic heterocycles. The van der Waals surface area contributed by atoms with E-state index in [1.165, 1.54) is 43.2 Å². The summed E-state index contributed by atoms with van der Waals surface area (Å²) in [6.07, 6.45) is 5.22. The van der Waals surface area contributed by atoms with Gasteiger partial charge in [0.05, 0.1) is 5.75 Å². The van der Waals surface area contributed by atoms with E-state index in [0.29, 0.717) is 6.54 Å². The molecule has 0 radical (unpaired) electrons. The van der Waals surface area contributed by atoms with E-state index in [1.54, 1.807) is 18.5 Å².